The third kappa shape index (κ3) is 7.09. The summed E-state index contributed by atoms with van der Waals surface area (Å²) in [5.41, 5.74) is 4.48. The molecule has 1 atom stereocenters. The highest BCUT2D eigenvalue weighted by Gasteiger charge is 2.41. The molecule has 2 saturated heterocycles. The van der Waals surface area contributed by atoms with Gasteiger partial charge in [0.2, 0.25) is 17.7 Å². The average molecular weight is 764 g/mol. The number of nitrogens with one attached hydrogen (secondary N) is 2. The highest BCUT2D eigenvalue weighted by atomic mass is 79.9. The predicted octanol–water partition coefficient (Wildman–Crippen LogP) is 3.91. The summed E-state index contributed by atoms with van der Waals surface area (Å²) in [4.78, 5) is 74.2. The van der Waals surface area contributed by atoms with Crippen LogP contribution in [0.4, 0.5) is 8.78 Å². The summed E-state index contributed by atoms with van der Waals surface area (Å²) in [7, 11) is 0. The van der Waals surface area contributed by atoms with Crippen LogP contribution in [0.3, 0.4) is 0 Å². The zero-order chi connectivity index (χ0) is 35.9. The number of likely N-dealkylation sites (tertiary alicyclic amines) is 1. The number of benzene rings is 2. The Kier molecular flexibility index (Phi) is 9.35. The van der Waals surface area contributed by atoms with Gasteiger partial charge in [-0.1, -0.05) is 18.2 Å². The Hall–Kier alpha value is -5.12. The molecule has 51 heavy (non-hydrogen) atoms. The molecule has 3 aliphatic heterocycles. The second-order valence-corrected chi connectivity index (χ2v) is 13.8. The van der Waals surface area contributed by atoms with E-state index in [1.807, 2.05) is 29.1 Å². The molecule has 5 amide bonds. The Bertz CT molecular complexity index is 2060. The van der Waals surface area contributed by atoms with Crippen molar-refractivity contribution >= 4 is 56.5 Å². The summed E-state index contributed by atoms with van der Waals surface area (Å²) in [5, 5.41) is 9.00. The van der Waals surface area contributed by atoms with Gasteiger partial charge in [0.25, 0.3) is 11.8 Å². The number of aromatic nitrogens is 4. The van der Waals surface area contributed by atoms with Gasteiger partial charge >= 0.3 is 5.92 Å². The van der Waals surface area contributed by atoms with Gasteiger partial charge in [-0.2, -0.15) is 13.9 Å². The number of alkyl halides is 2. The van der Waals surface area contributed by atoms with Gasteiger partial charge < -0.3 is 15.1 Å². The van der Waals surface area contributed by atoms with Gasteiger partial charge in [0, 0.05) is 67.2 Å². The largest absolute Gasteiger partial charge is 0.347 e. The summed E-state index contributed by atoms with van der Waals surface area (Å²) in [6, 6.07) is 9.65. The fraction of sp³-hybridized carbons (Fsp3) is 0.371. The Balaban J connectivity index is 0.873. The number of amides is 5. The van der Waals surface area contributed by atoms with Gasteiger partial charge in [-0.25, -0.2) is 4.98 Å². The molecule has 13 nitrogen and oxygen atoms in total. The van der Waals surface area contributed by atoms with Crippen LogP contribution < -0.4 is 10.6 Å². The number of fused-ring (bicyclic) bond motifs is 2. The maximum absolute atomic E-state index is 14.9. The molecule has 0 bridgehead atoms. The standard InChI is InChI=1S/C35H33BrF2N8O5/c36-25-2-1-3-26-31(25)42-27(17-39-26)22-16-41-46(19-22)23-9-12-44(13-10-23)30(48)8-11-35(37,38)34(51)40-15-20-4-5-24-21(14-20)18-45(33(24)50)28-6-7-29(47)43-32(28)49/h1-5,14,16-17,19,23,28H,6-13,15,18H2,(H,40,51)(H,43,47,49). The van der Waals surface area contributed by atoms with E-state index in [4.69, 9.17) is 4.98 Å². The molecule has 0 aliphatic carbocycles. The van der Waals surface area contributed by atoms with E-state index in [0.717, 1.165) is 21.1 Å². The molecule has 16 heteroatoms. The molecule has 0 radical (unpaired) electrons. The number of halogens is 3. The lowest BCUT2D eigenvalue weighted by Crippen LogP contribution is -2.52. The van der Waals surface area contributed by atoms with E-state index in [-0.39, 0.29) is 43.8 Å². The van der Waals surface area contributed by atoms with E-state index in [1.165, 1.54) is 11.0 Å². The van der Waals surface area contributed by atoms with Gasteiger partial charge in [-0.3, -0.25) is 39.0 Å². The van der Waals surface area contributed by atoms with E-state index >= 15 is 0 Å². The highest BCUT2D eigenvalue weighted by molar-refractivity contribution is 9.10. The Labute approximate surface area is 298 Å². The minimum Gasteiger partial charge on any atom is -0.347 e. The molecule has 1 unspecified atom stereocenters. The third-order valence-corrected chi connectivity index (χ3v) is 10.3. The predicted molar refractivity (Wildman–Crippen MR) is 182 cm³/mol. The molecule has 0 saturated carbocycles. The van der Waals surface area contributed by atoms with Crippen LogP contribution in [0.5, 0.6) is 0 Å². The fourth-order valence-electron chi connectivity index (χ4n) is 6.77. The molecule has 2 fully saturated rings. The molecule has 2 aromatic carbocycles. The third-order valence-electron chi connectivity index (χ3n) is 9.64. The Morgan fingerprint density at radius 2 is 1.86 bits per heavy atom. The number of imide groups is 1. The van der Waals surface area contributed by atoms with Crippen molar-refractivity contribution in [3.8, 4) is 11.3 Å². The van der Waals surface area contributed by atoms with Crippen LogP contribution in [0.1, 0.15) is 66.1 Å². The number of para-hydroxylation sites is 1. The number of carbonyl (C=O) groups is 5. The molecular weight excluding hydrogens is 730 g/mol. The first kappa shape index (κ1) is 34.3. The second-order valence-electron chi connectivity index (χ2n) is 13.0. The maximum atomic E-state index is 14.9. The van der Waals surface area contributed by atoms with Crippen molar-refractivity contribution in [1.82, 2.24) is 40.2 Å². The number of hydrogen-bond acceptors (Lipinski definition) is 8. The first-order chi connectivity index (χ1) is 24.5. The summed E-state index contributed by atoms with van der Waals surface area (Å²) in [6.45, 7) is 0.664. The number of nitrogens with zero attached hydrogens (tertiary/aromatic N) is 6. The highest BCUT2D eigenvalue weighted by Crippen LogP contribution is 2.30. The van der Waals surface area contributed by atoms with Crippen molar-refractivity contribution in [3.05, 3.63) is 76.2 Å². The average Bonchev–Trinajstić information content (AvgIpc) is 3.75. The van der Waals surface area contributed by atoms with Gasteiger partial charge in [-0.15, -0.1) is 0 Å². The van der Waals surface area contributed by atoms with Crippen LogP contribution in [0.25, 0.3) is 22.3 Å². The zero-order valence-corrected chi connectivity index (χ0v) is 28.9. The SMILES string of the molecule is O=C1CCC(N2Cc3cc(CNC(=O)C(F)(F)CCC(=O)N4CCC(n5cc(-c6cnc7cccc(Br)c7n6)cn5)CC4)ccc3C2=O)C(=O)N1. The van der Waals surface area contributed by atoms with Crippen molar-refractivity contribution in [2.24, 2.45) is 0 Å². The molecule has 3 aliphatic rings. The van der Waals surface area contributed by atoms with E-state index < -0.39 is 42.5 Å². The first-order valence-corrected chi connectivity index (χ1v) is 17.4. The summed E-state index contributed by atoms with van der Waals surface area (Å²) in [6.07, 6.45) is 5.44. The van der Waals surface area contributed by atoms with E-state index in [2.05, 4.69) is 36.6 Å². The van der Waals surface area contributed by atoms with E-state index in [9.17, 15) is 32.8 Å². The molecule has 2 aromatic heterocycles. The van der Waals surface area contributed by atoms with Crippen LogP contribution in [-0.2, 0) is 32.3 Å². The Morgan fingerprint density at radius 3 is 2.65 bits per heavy atom. The van der Waals surface area contributed by atoms with Crippen molar-refractivity contribution in [2.75, 3.05) is 13.1 Å². The lowest BCUT2D eigenvalue weighted by molar-refractivity contribution is -0.148. The fourth-order valence-corrected chi connectivity index (χ4v) is 7.22. The lowest BCUT2D eigenvalue weighted by atomic mass is 10.0. The van der Waals surface area contributed by atoms with Crippen molar-refractivity contribution in [1.29, 1.82) is 0 Å². The summed E-state index contributed by atoms with van der Waals surface area (Å²) in [5.74, 6) is -6.97. The van der Waals surface area contributed by atoms with E-state index in [0.29, 0.717) is 48.3 Å². The zero-order valence-electron chi connectivity index (χ0n) is 27.3. The monoisotopic (exact) mass is 762 g/mol. The van der Waals surface area contributed by atoms with Crippen molar-refractivity contribution in [2.45, 2.75) is 69.6 Å². The molecular formula is C35H33BrF2N8O5. The maximum Gasteiger partial charge on any atom is 0.325 e. The molecule has 5 heterocycles. The lowest BCUT2D eigenvalue weighted by Gasteiger charge is -2.32. The van der Waals surface area contributed by atoms with Crippen LogP contribution in [0.15, 0.2) is 59.5 Å². The molecule has 0 spiro atoms. The number of hydrogen-bond donors (Lipinski definition) is 2. The van der Waals surface area contributed by atoms with Gasteiger partial charge in [0.15, 0.2) is 0 Å². The van der Waals surface area contributed by atoms with Gasteiger partial charge in [0.1, 0.15) is 11.6 Å². The second kappa shape index (κ2) is 13.9. The number of carbonyl (C=O) groups excluding carboxylic acids is 5. The Morgan fingerprint density at radius 1 is 1.06 bits per heavy atom. The molecule has 4 aromatic rings. The minimum atomic E-state index is -3.77. The quantitative estimate of drug-likeness (QED) is 0.243. The summed E-state index contributed by atoms with van der Waals surface area (Å²) >= 11 is 3.51. The van der Waals surface area contributed by atoms with E-state index in [1.54, 1.807) is 29.4 Å². The van der Waals surface area contributed by atoms with Crippen LogP contribution >= 0.6 is 15.9 Å². The van der Waals surface area contributed by atoms with Gasteiger partial charge in [0.05, 0.1) is 29.6 Å². The number of piperidine rings is 2. The minimum absolute atomic E-state index is 0.0213. The van der Waals surface area contributed by atoms with Crippen molar-refractivity contribution in [3.63, 3.8) is 0 Å². The molecule has 264 valence electrons. The van der Waals surface area contributed by atoms with Crippen molar-refractivity contribution < 1.29 is 32.8 Å². The molecule has 2 N–H and O–H groups in total. The van der Waals surface area contributed by atoms with Crippen LogP contribution in [0, 0.1) is 0 Å². The molecule has 7 rings (SSSR count). The van der Waals surface area contributed by atoms with Gasteiger partial charge in [-0.05, 0) is 64.5 Å². The van der Waals surface area contributed by atoms with Crippen LogP contribution in [-0.4, -0.2) is 84.1 Å². The smallest absolute Gasteiger partial charge is 0.325 e. The van der Waals surface area contributed by atoms with Crippen LogP contribution in [0.2, 0.25) is 0 Å². The topological polar surface area (TPSA) is 159 Å². The number of rotatable bonds is 9. The normalized spacial score (nSPS) is 18.3. The first-order valence-electron chi connectivity index (χ1n) is 16.6. The summed E-state index contributed by atoms with van der Waals surface area (Å²) < 4.78 is 32.4.